The van der Waals surface area contributed by atoms with E-state index in [9.17, 15) is 22.8 Å². The van der Waals surface area contributed by atoms with Gasteiger partial charge >= 0.3 is 12.1 Å². The quantitative estimate of drug-likeness (QED) is 0.275. The average Bonchev–Trinajstić information content (AvgIpc) is 3.50. The molecule has 0 unspecified atom stereocenters. The van der Waals surface area contributed by atoms with Crippen LogP contribution in [-0.4, -0.2) is 50.9 Å². The lowest BCUT2D eigenvalue weighted by molar-refractivity contribution is -0.147. The molecule has 0 bridgehead atoms. The van der Waals surface area contributed by atoms with Crippen molar-refractivity contribution >= 4 is 35.0 Å². The summed E-state index contributed by atoms with van der Waals surface area (Å²) in [5.74, 6) is -1.52. The number of hydrogen-bond donors (Lipinski definition) is 2. The lowest BCUT2D eigenvalue weighted by Crippen LogP contribution is -2.43. The van der Waals surface area contributed by atoms with Gasteiger partial charge in [-0.15, -0.1) is 0 Å². The number of benzene rings is 1. The number of nitrogen functional groups attached to an aromatic ring is 1. The number of nitrogens with one attached hydrogen (secondary N) is 1. The zero-order valence-electron chi connectivity index (χ0n) is 21.4. The molecule has 0 saturated carbocycles. The van der Waals surface area contributed by atoms with E-state index in [4.69, 9.17) is 15.5 Å². The average molecular weight is 570 g/mol. The maximum atomic E-state index is 15.5. The minimum absolute atomic E-state index is 0.0510. The van der Waals surface area contributed by atoms with Crippen LogP contribution in [0.1, 0.15) is 35.2 Å². The number of carbonyl (C=O) groups excluding carboxylic acids is 2. The molecular formula is C27H23F4N7O3. The lowest BCUT2D eigenvalue weighted by Gasteiger charge is -2.36. The smallest absolute Gasteiger partial charge is 0.416 e. The Morgan fingerprint density at radius 1 is 1.07 bits per heavy atom. The molecule has 6 rings (SSSR count). The number of rotatable bonds is 4. The Morgan fingerprint density at radius 3 is 2.54 bits per heavy atom. The summed E-state index contributed by atoms with van der Waals surface area (Å²) in [4.78, 5) is 39.6. The molecule has 2 aliphatic rings. The number of nitrogens with zero attached hydrogens (tertiary/aromatic N) is 5. The number of cyclic esters (lactones) is 1. The molecule has 0 radical (unpaired) electrons. The Hall–Kier alpha value is -4.75. The number of alkyl halides is 3. The van der Waals surface area contributed by atoms with Crippen molar-refractivity contribution < 1.29 is 31.9 Å². The molecule has 1 spiro atoms. The first-order chi connectivity index (χ1) is 19.6. The number of hydrogen-bond acceptors (Lipinski definition) is 8. The van der Waals surface area contributed by atoms with Crippen molar-refractivity contribution in [3.8, 4) is 11.3 Å². The fraction of sp³-hybridized carbons (Fsp3) is 0.296. The van der Waals surface area contributed by atoms with Crippen LogP contribution in [0.3, 0.4) is 0 Å². The predicted molar refractivity (Wildman–Crippen MR) is 139 cm³/mol. The molecule has 2 aliphatic heterocycles. The first kappa shape index (κ1) is 26.5. The second-order valence-electron chi connectivity index (χ2n) is 10.0. The van der Waals surface area contributed by atoms with Gasteiger partial charge in [0.15, 0.2) is 0 Å². The number of piperidine rings is 1. The number of halogens is 4. The summed E-state index contributed by atoms with van der Waals surface area (Å²) in [5.41, 5.74) is 5.20. The standard InChI is InChI=1S/C27H23F4N7O3/c28-18-13-15(23(39)35-19-14-16(3-7-33-19)27(29,30)31)1-2-17(18)20-21-22(32)34-8-11-38(21)25(36-20)37-9-4-26(5-10-37)6-12-41-24(26)40/h1-3,7-8,11,13-14H,4-6,9-10,12H2,(H2,32,34)(H,33,35,39). The lowest BCUT2D eigenvalue weighted by atomic mass is 9.77. The summed E-state index contributed by atoms with van der Waals surface area (Å²) in [6.07, 6.45) is 1.33. The van der Waals surface area contributed by atoms with Crippen LogP contribution in [0.5, 0.6) is 0 Å². The van der Waals surface area contributed by atoms with Gasteiger partial charge in [0.05, 0.1) is 17.6 Å². The summed E-state index contributed by atoms with van der Waals surface area (Å²) in [6.45, 7) is 1.48. The normalized spacial score (nSPS) is 16.8. The maximum absolute atomic E-state index is 15.5. The van der Waals surface area contributed by atoms with E-state index in [-0.39, 0.29) is 34.4 Å². The molecule has 1 amide bonds. The van der Waals surface area contributed by atoms with Gasteiger partial charge in [-0.1, -0.05) is 0 Å². The van der Waals surface area contributed by atoms with Crippen LogP contribution < -0.4 is 16.0 Å². The number of esters is 1. The van der Waals surface area contributed by atoms with E-state index < -0.39 is 28.9 Å². The molecule has 0 aliphatic carbocycles. The van der Waals surface area contributed by atoms with Gasteiger partial charge in [0.25, 0.3) is 5.91 Å². The number of anilines is 3. The molecule has 2 saturated heterocycles. The number of nitrogens with two attached hydrogens (primary N) is 1. The second-order valence-corrected chi connectivity index (χ2v) is 10.0. The van der Waals surface area contributed by atoms with Gasteiger partial charge in [-0.05, 0) is 49.6 Å². The summed E-state index contributed by atoms with van der Waals surface area (Å²) in [5, 5.41) is 2.26. The van der Waals surface area contributed by atoms with Gasteiger partial charge < -0.3 is 20.7 Å². The van der Waals surface area contributed by atoms with Crippen LogP contribution in [0.25, 0.3) is 16.8 Å². The minimum atomic E-state index is -4.61. The van der Waals surface area contributed by atoms with E-state index in [0.717, 1.165) is 18.3 Å². The Balaban J connectivity index is 1.29. The van der Waals surface area contributed by atoms with Gasteiger partial charge in [-0.2, -0.15) is 13.2 Å². The van der Waals surface area contributed by atoms with Crippen LogP contribution >= 0.6 is 0 Å². The number of carbonyl (C=O) groups is 2. The fourth-order valence-electron chi connectivity index (χ4n) is 5.35. The molecule has 3 N–H and O–H groups in total. The molecule has 212 valence electrons. The molecule has 14 heteroatoms. The monoisotopic (exact) mass is 569 g/mol. The van der Waals surface area contributed by atoms with E-state index in [0.29, 0.717) is 56.5 Å². The van der Waals surface area contributed by atoms with Crippen molar-refractivity contribution in [2.75, 3.05) is 35.6 Å². The highest BCUT2D eigenvalue weighted by Crippen LogP contribution is 2.42. The summed E-state index contributed by atoms with van der Waals surface area (Å²) in [7, 11) is 0. The topological polar surface area (TPSA) is 128 Å². The van der Waals surface area contributed by atoms with Gasteiger partial charge in [0, 0.05) is 42.8 Å². The van der Waals surface area contributed by atoms with Crippen molar-refractivity contribution in [3.05, 3.63) is 65.9 Å². The van der Waals surface area contributed by atoms with Gasteiger partial charge in [0.1, 0.15) is 28.7 Å². The zero-order valence-corrected chi connectivity index (χ0v) is 21.4. The van der Waals surface area contributed by atoms with Crippen LogP contribution in [0.15, 0.2) is 48.9 Å². The molecule has 4 aromatic rings. The summed E-state index contributed by atoms with van der Waals surface area (Å²) in [6, 6.07) is 5.11. The maximum Gasteiger partial charge on any atom is 0.416 e. The van der Waals surface area contributed by atoms with Crippen LogP contribution in [0.2, 0.25) is 0 Å². The van der Waals surface area contributed by atoms with Crippen LogP contribution in [-0.2, 0) is 15.7 Å². The van der Waals surface area contributed by atoms with Gasteiger partial charge in [0.2, 0.25) is 5.95 Å². The number of fused-ring (bicyclic) bond motifs is 1. The third-order valence-electron chi connectivity index (χ3n) is 7.63. The number of pyridine rings is 1. The molecule has 2 fully saturated rings. The third kappa shape index (κ3) is 4.68. The highest BCUT2D eigenvalue weighted by atomic mass is 19.4. The third-order valence-corrected chi connectivity index (χ3v) is 7.63. The minimum Gasteiger partial charge on any atom is -0.465 e. The zero-order chi connectivity index (χ0) is 28.9. The molecular weight excluding hydrogens is 546 g/mol. The SMILES string of the molecule is Nc1nccn2c(N3CCC4(CCOC4=O)CC3)nc(-c3ccc(C(=O)Nc4cc(C(F)(F)F)ccn4)cc3F)c12. The molecule has 3 aromatic heterocycles. The van der Waals surface area contributed by atoms with Crippen molar-refractivity contribution in [1.82, 2.24) is 19.4 Å². The number of amides is 1. The van der Waals surface area contributed by atoms with Gasteiger partial charge in [-0.25, -0.2) is 19.3 Å². The summed E-state index contributed by atoms with van der Waals surface area (Å²) < 4.78 is 61.4. The van der Waals surface area contributed by atoms with Gasteiger partial charge in [-0.3, -0.25) is 14.0 Å². The Morgan fingerprint density at radius 2 is 1.85 bits per heavy atom. The molecule has 41 heavy (non-hydrogen) atoms. The van der Waals surface area contributed by atoms with E-state index in [1.165, 1.54) is 18.3 Å². The highest BCUT2D eigenvalue weighted by Gasteiger charge is 2.47. The Labute approximate surface area is 230 Å². The second kappa shape index (κ2) is 9.71. The Bertz CT molecular complexity index is 1680. The predicted octanol–water partition coefficient (Wildman–Crippen LogP) is 4.32. The molecule has 5 heterocycles. The first-order valence-electron chi connectivity index (χ1n) is 12.7. The number of imidazole rings is 1. The van der Waals surface area contributed by atoms with Crippen LogP contribution in [0, 0.1) is 11.2 Å². The van der Waals surface area contributed by atoms with E-state index in [2.05, 4.69) is 15.3 Å². The Kier molecular flexibility index (Phi) is 6.27. The first-order valence-corrected chi connectivity index (χ1v) is 12.7. The fourth-order valence-corrected chi connectivity index (χ4v) is 5.35. The molecule has 0 atom stereocenters. The van der Waals surface area contributed by atoms with Crippen LogP contribution in [0.4, 0.5) is 35.1 Å². The van der Waals surface area contributed by atoms with E-state index in [1.807, 2.05) is 4.90 Å². The number of ether oxygens (including phenoxy) is 1. The highest BCUT2D eigenvalue weighted by molar-refractivity contribution is 6.04. The number of aromatic nitrogens is 4. The van der Waals surface area contributed by atoms with Crippen molar-refractivity contribution in [3.63, 3.8) is 0 Å². The molecule has 1 aromatic carbocycles. The molecule has 10 nitrogen and oxygen atoms in total. The van der Waals surface area contributed by atoms with E-state index in [1.54, 1.807) is 10.6 Å². The van der Waals surface area contributed by atoms with Crippen molar-refractivity contribution in [1.29, 1.82) is 0 Å². The van der Waals surface area contributed by atoms with Crippen molar-refractivity contribution in [2.24, 2.45) is 5.41 Å². The van der Waals surface area contributed by atoms with E-state index >= 15 is 4.39 Å². The van der Waals surface area contributed by atoms with Crippen molar-refractivity contribution in [2.45, 2.75) is 25.4 Å². The summed E-state index contributed by atoms with van der Waals surface area (Å²) >= 11 is 0. The largest absolute Gasteiger partial charge is 0.465 e.